The second-order valence-corrected chi connectivity index (χ2v) is 7.43. The molecule has 1 aromatic carbocycles. The van der Waals surface area contributed by atoms with Crippen molar-refractivity contribution in [3.63, 3.8) is 0 Å². The Morgan fingerprint density at radius 1 is 1.37 bits per heavy atom. The van der Waals surface area contributed by atoms with E-state index in [0.29, 0.717) is 5.69 Å². The molecule has 0 amide bonds. The van der Waals surface area contributed by atoms with Gasteiger partial charge in [-0.25, -0.2) is 17.8 Å². The second-order valence-electron chi connectivity index (χ2n) is 4.55. The molecule has 102 valence electrons. The molecule has 0 N–H and O–H groups in total. The predicted octanol–water partition coefficient (Wildman–Crippen LogP) is 3.38. The topological polar surface area (TPSA) is 47.0 Å². The number of hydrogen-bond donors (Lipinski definition) is 0. The summed E-state index contributed by atoms with van der Waals surface area (Å²) in [6, 6.07) is 5.04. The highest BCUT2D eigenvalue weighted by molar-refractivity contribution is 7.90. The van der Waals surface area contributed by atoms with Gasteiger partial charge in [0, 0.05) is 11.3 Å². The van der Waals surface area contributed by atoms with Crippen molar-refractivity contribution in [2.75, 3.05) is 0 Å². The Morgan fingerprint density at radius 2 is 2.11 bits per heavy atom. The standard InChI is InChI=1S/C13H14FNO2S2/c1-9(2)13-15-11(7-18-13)8-19(16,17)12-5-3-4-10(14)6-12/h3-7,9H,8H2,1-2H3. The van der Waals surface area contributed by atoms with Crippen LogP contribution in [0, 0.1) is 5.82 Å². The van der Waals surface area contributed by atoms with Crippen LogP contribution in [0.15, 0.2) is 34.5 Å². The van der Waals surface area contributed by atoms with E-state index in [1.807, 2.05) is 13.8 Å². The van der Waals surface area contributed by atoms with Gasteiger partial charge in [0.15, 0.2) is 9.84 Å². The second kappa shape index (κ2) is 5.38. The van der Waals surface area contributed by atoms with Crippen LogP contribution >= 0.6 is 11.3 Å². The van der Waals surface area contributed by atoms with Gasteiger partial charge in [-0.05, 0) is 18.2 Å². The third-order valence-electron chi connectivity index (χ3n) is 2.56. The van der Waals surface area contributed by atoms with Crippen LogP contribution in [0.1, 0.15) is 30.5 Å². The minimum atomic E-state index is -3.54. The lowest BCUT2D eigenvalue weighted by molar-refractivity contribution is 0.589. The van der Waals surface area contributed by atoms with Crippen LogP contribution in [0.25, 0.3) is 0 Å². The summed E-state index contributed by atoms with van der Waals surface area (Å²) < 4.78 is 37.3. The molecular weight excluding hydrogens is 285 g/mol. The van der Waals surface area contributed by atoms with Gasteiger partial charge in [-0.2, -0.15) is 0 Å². The number of halogens is 1. The third kappa shape index (κ3) is 3.39. The van der Waals surface area contributed by atoms with Gasteiger partial charge in [-0.15, -0.1) is 11.3 Å². The molecule has 1 aromatic heterocycles. The largest absolute Gasteiger partial charge is 0.245 e. The molecule has 0 aliphatic rings. The summed E-state index contributed by atoms with van der Waals surface area (Å²) in [4.78, 5) is 4.28. The van der Waals surface area contributed by atoms with E-state index in [0.717, 1.165) is 11.1 Å². The van der Waals surface area contributed by atoms with E-state index in [4.69, 9.17) is 0 Å². The van der Waals surface area contributed by atoms with Crippen LogP contribution in [0.5, 0.6) is 0 Å². The zero-order valence-electron chi connectivity index (χ0n) is 10.6. The third-order valence-corrected chi connectivity index (χ3v) is 5.40. The predicted molar refractivity (Wildman–Crippen MR) is 73.5 cm³/mol. The maximum Gasteiger partial charge on any atom is 0.184 e. The Labute approximate surface area is 116 Å². The van der Waals surface area contributed by atoms with Crippen LogP contribution in [-0.2, 0) is 15.6 Å². The molecule has 0 radical (unpaired) electrons. The van der Waals surface area contributed by atoms with Gasteiger partial charge < -0.3 is 0 Å². The van der Waals surface area contributed by atoms with Crippen molar-refractivity contribution in [2.24, 2.45) is 0 Å². The Morgan fingerprint density at radius 3 is 2.68 bits per heavy atom. The summed E-state index contributed by atoms with van der Waals surface area (Å²) in [6.07, 6.45) is 0. The first-order valence-corrected chi connectivity index (χ1v) is 8.34. The van der Waals surface area contributed by atoms with Crippen molar-refractivity contribution in [3.8, 4) is 0 Å². The lowest BCUT2D eigenvalue weighted by atomic mass is 10.2. The smallest absolute Gasteiger partial charge is 0.184 e. The molecule has 0 aliphatic carbocycles. The van der Waals surface area contributed by atoms with Crippen LogP contribution < -0.4 is 0 Å². The van der Waals surface area contributed by atoms with Crippen molar-refractivity contribution >= 4 is 21.2 Å². The summed E-state index contributed by atoms with van der Waals surface area (Å²) in [5, 5.41) is 2.65. The highest BCUT2D eigenvalue weighted by atomic mass is 32.2. The maximum absolute atomic E-state index is 13.1. The monoisotopic (exact) mass is 299 g/mol. The van der Waals surface area contributed by atoms with Crippen LogP contribution in [0.4, 0.5) is 4.39 Å². The number of hydrogen-bond acceptors (Lipinski definition) is 4. The number of benzene rings is 1. The van der Waals surface area contributed by atoms with Gasteiger partial charge in [0.05, 0.1) is 21.3 Å². The zero-order chi connectivity index (χ0) is 14.0. The zero-order valence-corrected chi connectivity index (χ0v) is 12.3. The maximum atomic E-state index is 13.1. The molecule has 0 bridgehead atoms. The fraction of sp³-hybridized carbons (Fsp3) is 0.308. The Hall–Kier alpha value is -1.27. The molecule has 19 heavy (non-hydrogen) atoms. The SMILES string of the molecule is CC(C)c1nc(CS(=O)(=O)c2cccc(F)c2)cs1. The minimum absolute atomic E-state index is 0.00778. The lowest BCUT2D eigenvalue weighted by Gasteiger charge is -2.02. The van der Waals surface area contributed by atoms with Gasteiger partial charge in [-0.1, -0.05) is 19.9 Å². The van der Waals surface area contributed by atoms with E-state index >= 15 is 0 Å². The van der Waals surface area contributed by atoms with E-state index < -0.39 is 15.7 Å². The summed E-state index contributed by atoms with van der Waals surface area (Å²) in [5.74, 6) is -0.475. The van der Waals surface area contributed by atoms with E-state index in [-0.39, 0.29) is 16.6 Å². The van der Waals surface area contributed by atoms with Crippen molar-refractivity contribution in [2.45, 2.75) is 30.4 Å². The molecule has 0 atom stereocenters. The number of rotatable bonds is 4. The quantitative estimate of drug-likeness (QED) is 0.869. The van der Waals surface area contributed by atoms with Crippen molar-refractivity contribution in [3.05, 3.63) is 46.2 Å². The van der Waals surface area contributed by atoms with Gasteiger partial charge in [0.2, 0.25) is 0 Å². The first kappa shape index (κ1) is 14.1. The summed E-state index contributed by atoms with van der Waals surface area (Å²) in [6.45, 7) is 4.01. The fourth-order valence-electron chi connectivity index (χ4n) is 1.59. The van der Waals surface area contributed by atoms with Gasteiger partial charge in [0.1, 0.15) is 5.82 Å². The molecule has 2 aromatic rings. The fourth-order valence-corrected chi connectivity index (χ4v) is 3.82. The van der Waals surface area contributed by atoms with E-state index in [9.17, 15) is 12.8 Å². The summed E-state index contributed by atoms with van der Waals surface area (Å²) in [7, 11) is -3.54. The number of aromatic nitrogens is 1. The first-order chi connectivity index (χ1) is 8.88. The molecule has 0 saturated heterocycles. The van der Waals surface area contributed by atoms with Crippen molar-refractivity contribution < 1.29 is 12.8 Å². The molecule has 0 aliphatic heterocycles. The van der Waals surface area contributed by atoms with Crippen molar-refractivity contribution in [1.82, 2.24) is 4.98 Å². The average Bonchev–Trinajstić information content (AvgIpc) is 2.77. The molecular formula is C13H14FNO2S2. The molecule has 0 spiro atoms. The molecule has 0 fully saturated rings. The first-order valence-electron chi connectivity index (χ1n) is 5.81. The molecule has 3 nitrogen and oxygen atoms in total. The Bertz CT molecular complexity index is 677. The van der Waals surface area contributed by atoms with Crippen LogP contribution in [0.3, 0.4) is 0 Å². The minimum Gasteiger partial charge on any atom is -0.245 e. The summed E-state index contributed by atoms with van der Waals surface area (Å²) in [5.41, 5.74) is 0.512. The average molecular weight is 299 g/mol. The lowest BCUT2D eigenvalue weighted by Crippen LogP contribution is -2.05. The highest BCUT2D eigenvalue weighted by Crippen LogP contribution is 2.22. The molecule has 0 saturated carbocycles. The Balaban J connectivity index is 2.26. The van der Waals surface area contributed by atoms with Gasteiger partial charge in [-0.3, -0.25) is 0 Å². The number of nitrogens with zero attached hydrogens (tertiary/aromatic N) is 1. The number of thiazole rings is 1. The van der Waals surface area contributed by atoms with Crippen molar-refractivity contribution in [1.29, 1.82) is 0 Å². The molecule has 0 unspecified atom stereocenters. The summed E-state index contributed by atoms with van der Waals surface area (Å²) >= 11 is 1.45. The highest BCUT2D eigenvalue weighted by Gasteiger charge is 2.18. The molecule has 1 heterocycles. The molecule has 6 heteroatoms. The van der Waals surface area contributed by atoms with E-state index in [1.54, 1.807) is 5.38 Å². The van der Waals surface area contributed by atoms with Crippen LogP contribution in [0.2, 0.25) is 0 Å². The van der Waals surface area contributed by atoms with Gasteiger partial charge >= 0.3 is 0 Å². The number of sulfone groups is 1. The Kier molecular flexibility index (Phi) is 4.01. The normalized spacial score (nSPS) is 12.0. The van der Waals surface area contributed by atoms with Gasteiger partial charge in [0.25, 0.3) is 0 Å². The van der Waals surface area contributed by atoms with Crippen LogP contribution in [-0.4, -0.2) is 13.4 Å². The van der Waals surface area contributed by atoms with E-state index in [1.165, 1.54) is 29.5 Å². The van der Waals surface area contributed by atoms with E-state index in [2.05, 4.69) is 4.98 Å². The molecule has 2 rings (SSSR count).